The predicted molar refractivity (Wildman–Crippen MR) is 127 cm³/mol. The SMILES string of the molecule is N#CCCN1[C@@H]2CC[C@H]1C[C@H](Nc1nc(Nc3ncc(CO)s3)cc(N3CCOCC3)n1)C2. The van der Waals surface area contributed by atoms with Crippen molar-refractivity contribution >= 4 is 34.1 Å². The first-order chi connectivity index (χ1) is 16.2. The molecule has 176 valence electrons. The summed E-state index contributed by atoms with van der Waals surface area (Å²) >= 11 is 1.41. The Balaban J connectivity index is 1.33. The lowest BCUT2D eigenvalue weighted by atomic mass is 9.97. The van der Waals surface area contributed by atoms with E-state index in [0.717, 1.165) is 43.2 Å². The molecule has 2 aromatic rings. The first kappa shape index (κ1) is 22.3. The van der Waals surface area contributed by atoms with Crippen LogP contribution in [0.15, 0.2) is 12.3 Å². The fourth-order valence-corrected chi connectivity index (χ4v) is 5.86. The number of anilines is 4. The monoisotopic (exact) mass is 470 g/mol. The molecule has 0 unspecified atom stereocenters. The van der Waals surface area contributed by atoms with Gasteiger partial charge >= 0.3 is 0 Å². The van der Waals surface area contributed by atoms with E-state index in [1.165, 1.54) is 24.2 Å². The van der Waals surface area contributed by atoms with Gasteiger partial charge in [-0.25, -0.2) is 4.98 Å². The molecule has 5 rings (SSSR count). The molecule has 11 heteroatoms. The van der Waals surface area contributed by atoms with Crippen molar-refractivity contribution in [2.75, 3.05) is 48.4 Å². The van der Waals surface area contributed by atoms with Gasteiger partial charge in [0.2, 0.25) is 5.95 Å². The molecule has 0 aromatic carbocycles. The highest BCUT2D eigenvalue weighted by molar-refractivity contribution is 7.15. The molecule has 3 fully saturated rings. The number of fused-ring (bicyclic) bond motifs is 2. The number of nitrogens with one attached hydrogen (secondary N) is 2. The second-order valence-electron chi connectivity index (χ2n) is 8.79. The molecular formula is C22H30N8O2S. The molecule has 5 heterocycles. The van der Waals surface area contributed by atoms with Gasteiger partial charge < -0.3 is 25.4 Å². The van der Waals surface area contributed by atoms with E-state index >= 15 is 0 Å². The van der Waals surface area contributed by atoms with E-state index in [-0.39, 0.29) is 6.61 Å². The fraction of sp³-hybridized carbons (Fsp3) is 0.636. The van der Waals surface area contributed by atoms with Crippen LogP contribution < -0.4 is 15.5 Å². The maximum absolute atomic E-state index is 9.34. The minimum atomic E-state index is -0.0235. The van der Waals surface area contributed by atoms with Gasteiger partial charge in [-0.1, -0.05) is 11.3 Å². The number of aromatic nitrogens is 3. The van der Waals surface area contributed by atoms with Crippen molar-refractivity contribution < 1.29 is 9.84 Å². The quantitative estimate of drug-likeness (QED) is 0.530. The van der Waals surface area contributed by atoms with E-state index in [4.69, 9.17) is 20.0 Å². The average molecular weight is 471 g/mol. The van der Waals surface area contributed by atoms with Gasteiger partial charge in [0.25, 0.3) is 0 Å². The van der Waals surface area contributed by atoms with Gasteiger partial charge in [-0.15, -0.1) is 0 Å². The summed E-state index contributed by atoms with van der Waals surface area (Å²) in [5, 5.41) is 25.9. The largest absolute Gasteiger partial charge is 0.391 e. The number of aliphatic hydroxyl groups excluding tert-OH is 1. The molecule has 0 saturated carbocycles. The molecule has 3 saturated heterocycles. The highest BCUT2D eigenvalue weighted by atomic mass is 32.1. The third kappa shape index (κ3) is 5.19. The van der Waals surface area contributed by atoms with Crippen LogP contribution in [0.4, 0.5) is 22.7 Å². The van der Waals surface area contributed by atoms with Crippen LogP contribution in [0.1, 0.15) is 37.0 Å². The smallest absolute Gasteiger partial charge is 0.226 e. The molecular weight excluding hydrogens is 440 g/mol. The van der Waals surface area contributed by atoms with Crippen LogP contribution in [-0.2, 0) is 11.3 Å². The van der Waals surface area contributed by atoms with Gasteiger partial charge in [0.1, 0.15) is 11.6 Å². The van der Waals surface area contributed by atoms with Gasteiger partial charge in [0, 0.05) is 56.4 Å². The van der Waals surface area contributed by atoms with Crippen LogP contribution in [0.25, 0.3) is 0 Å². The number of hydrogen-bond acceptors (Lipinski definition) is 11. The van der Waals surface area contributed by atoms with Crippen molar-refractivity contribution in [1.82, 2.24) is 19.9 Å². The van der Waals surface area contributed by atoms with Crippen molar-refractivity contribution in [3.05, 3.63) is 17.1 Å². The zero-order valence-electron chi connectivity index (χ0n) is 18.6. The lowest BCUT2D eigenvalue weighted by molar-refractivity contribution is 0.122. The van der Waals surface area contributed by atoms with E-state index in [9.17, 15) is 5.11 Å². The summed E-state index contributed by atoms with van der Waals surface area (Å²) in [5.74, 6) is 2.17. The van der Waals surface area contributed by atoms with Crippen LogP contribution >= 0.6 is 11.3 Å². The maximum Gasteiger partial charge on any atom is 0.226 e. The standard InChI is InChI=1S/C22H30N8O2S/c23-4-1-5-30-16-2-3-17(30)11-15(10-16)25-21-26-19(27-22-24-13-18(14-31)33-22)12-20(28-21)29-6-8-32-9-7-29/h12-13,15-17,31H,1-3,5-11,14H2,(H2,24,25,26,27,28)/t15-,16-,17+. The number of nitriles is 1. The number of hydrogen-bond donors (Lipinski definition) is 3. The van der Waals surface area contributed by atoms with Crippen LogP contribution in [0.5, 0.6) is 0 Å². The Hall–Kier alpha value is -2.52. The van der Waals surface area contributed by atoms with Gasteiger partial charge in [0.05, 0.1) is 30.8 Å². The molecule has 3 atom stereocenters. The first-order valence-electron chi connectivity index (χ1n) is 11.7. The molecule has 2 aromatic heterocycles. The second-order valence-corrected chi connectivity index (χ2v) is 9.91. The van der Waals surface area contributed by atoms with Gasteiger partial charge in [-0.2, -0.15) is 15.2 Å². The fourth-order valence-electron chi connectivity index (χ4n) is 5.18. The molecule has 0 spiro atoms. The van der Waals surface area contributed by atoms with Crippen LogP contribution in [-0.4, -0.2) is 75.9 Å². The van der Waals surface area contributed by atoms with Crippen LogP contribution in [0, 0.1) is 11.3 Å². The number of morpholine rings is 1. The Morgan fingerprint density at radius 3 is 2.70 bits per heavy atom. The Labute approximate surface area is 197 Å². The first-order valence-corrected chi connectivity index (χ1v) is 12.5. The lowest BCUT2D eigenvalue weighted by Gasteiger charge is -2.39. The van der Waals surface area contributed by atoms with Crippen molar-refractivity contribution in [1.29, 1.82) is 5.26 Å². The number of thiazole rings is 1. The summed E-state index contributed by atoms with van der Waals surface area (Å²) in [4.78, 5) is 19.5. The van der Waals surface area contributed by atoms with Crippen molar-refractivity contribution in [2.45, 2.75) is 56.8 Å². The summed E-state index contributed by atoms with van der Waals surface area (Å²) in [6.07, 6.45) is 6.76. The Kier molecular flexibility index (Phi) is 6.87. The van der Waals surface area contributed by atoms with Gasteiger partial charge in [0.15, 0.2) is 5.13 Å². The molecule has 2 bridgehead atoms. The molecule has 10 nitrogen and oxygen atoms in total. The summed E-state index contributed by atoms with van der Waals surface area (Å²) in [7, 11) is 0. The van der Waals surface area contributed by atoms with Crippen molar-refractivity contribution in [2.24, 2.45) is 0 Å². The number of piperidine rings is 1. The summed E-state index contributed by atoms with van der Waals surface area (Å²) in [5.41, 5.74) is 0. The van der Waals surface area contributed by atoms with E-state index in [2.05, 4.69) is 31.5 Å². The Bertz CT molecular complexity index is 975. The van der Waals surface area contributed by atoms with Crippen molar-refractivity contribution in [3.63, 3.8) is 0 Å². The highest BCUT2D eigenvalue weighted by Gasteiger charge is 2.40. The van der Waals surface area contributed by atoms with E-state index < -0.39 is 0 Å². The third-order valence-electron chi connectivity index (χ3n) is 6.69. The van der Waals surface area contributed by atoms with Gasteiger partial charge in [-0.3, -0.25) is 4.90 Å². The van der Waals surface area contributed by atoms with Gasteiger partial charge in [-0.05, 0) is 25.7 Å². The summed E-state index contributed by atoms with van der Waals surface area (Å²) in [6, 6.07) is 5.61. The maximum atomic E-state index is 9.34. The minimum Gasteiger partial charge on any atom is -0.391 e. The third-order valence-corrected chi connectivity index (χ3v) is 7.59. The van der Waals surface area contributed by atoms with Crippen LogP contribution in [0.2, 0.25) is 0 Å². The van der Waals surface area contributed by atoms with E-state index in [1.54, 1.807) is 6.20 Å². The molecule has 0 aliphatic carbocycles. The molecule has 33 heavy (non-hydrogen) atoms. The molecule has 3 aliphatic heterocycles. The zero-order valence-corrected chi connectivity index (χ0v) is 19.4. The number of ether oxygens (including phenoxy) is 1. The summed E-state index contributed by atoms with van der Waals surface area (Å²) < 4.78 is 5.51. The second kappa shape index (κ2) is 10.2. The van der Waals surface area contributed by atoms with E-state index in [1.807, 2.05) is 6.07 Å². The van der Waals surface area contributed by atoms with E-state index in [0.29, 0.717) is 54.7 Å². The van der Waals surface area contributed by atoms with Crippen LogP contribution in [0.3, 0.4) is 0 Å². The topological polar surface area (TPSA) is 122 Å². The molecule has 0 radical (unpaired) electrons. The molecule has 3 aliphatic rings. The number of nitrogens with zero attached hydrogens (tertiary/aromatic N) is 6. The average Bonchev–Trinajstić information content (AvgIpc) is 3.38. The Morgan fingerprint density at radius 1 is 1.21 bits per heavy atom. The zero-order chi connectivity index (χ0) is 22.6. The predicted octanol–water partition coefficient (Wildman–Crippen LogP) is 2.33. The molecule has 3 N–H and O–H groups in total. The number of rotatable bonds is 8. The minimum absolute atomic E-state index is 0.0235. The van der Waals surface area contributed by atoms with Crippen molar-refractivity contribution in [3.8, 4) is 6.07 Å². The summed E-state index contributed by atoms with van der Waals surface area (Å²) in [6.45, 7) is 3.81. The highest BCUT2D eigenvalue weighted by Crippen LogP contribution is 2.37. The Morgan fingerprint density at radius 2 is 2.00 bits per heavy atom. The molecule has 0 amide bonds. The number of aliphatic hydroxyl groups is 1. The normalized spacial score (nSPS) is 25.1. The lowest BCUT2D eigenvalue weighted by Crippen LogP contribution is -2.47.